The summed E-state index contributed by atoms with van der Waals surface area (Å²) in [5.74, 6) is 0. The Balaban J connectivity index is 2.26. The minimum atomic E-state index is 0.798. The van der Waals surface area contributed by atoms with Crippen LogP contribution in [0.4, 0.5) is 0 Å². The zero-order chi connectivity index (χ0) is 10.1. The molecule has 2 aromatic rings. The molecule has 1 heterocycles. The Bertz CT molecular complexity index is 538. The van der Waals surface area contributed by atoms with Crippen LogP contribution in [0.25, 0.3) is 10.8 Å². The lowest BCUT2D eigenvalue weighted by Gasteiger charge is -2.01. The molecule has 0 radical (unpaired) electrons. The molecule has 0 aromatic heterocycles. The molecule has 1 aliphatic rings. The van der Waals surface area contributed by atoms with E-state index in [4.69, 9.17) is 0 Å². The highest BCUT2D eigenvalue weighted by molar-refractivity contribution is 6.18. The van der Waals surface area contributed by atoms with Gasteiger partial charge in [-0.25, -0.2) is 0 Å². The number of fused-ring (bicyclic) bond motifs is 1. The van der Waals surface area contributed by atoms with Gasteiger partial charge in [0.25, 0.3) is 0 Å². The van der Waals surface area contributed by atoms with Gasteiger partial charge in [-0.1, -0.05) is 12.1 Å². The number of aliphatic imine (C=N–C) groups is 2. The second kappa shape index (κ2) is 3.24. The lowest BCUT2D eigenvalue weighted by atomic mass is 10.0. The molecule has 0 spiro atoms. The van der Waals surface area contributed by atoms with Crippen molar-refractivity contribution in [3.63, 3.8) is 0 Å². The molecule has 0 atom stereocenters. The Labute approximate surface area is 88.0 Å². The Hall–Kier alpha value is -2.09. The largest absolute Gasteiger partial charge is 0.243 e. The van der Waals surface area contributed by atoms with E-state index in [2.05, 4.69) is 34.3 Å². The van der Waals surface area contributed by atoms with Gasteiger partial charge in [0.2, 0.25) is 6.17 Å². The van der Waals surface area contributed by atoms with Gasteiger partial charge < -0.3 is 0 Å². The van der Waals surface area contributed by atoms with Gasteiger partial charge in [-0.3, -0.25) is 0 Å². The third-order valence-electron chi connectivity index (χ3n) is 2.49. The summed E-state index contributed by atoms with van der Waals surface area (Å²) >= 11 is 0. The SMILES string of the molecule is C1=N[C+](c2cccc3ccccc23)N=C1. The minimum absolute atomic E-state index is 0.798. The van der Waals surface area contributed by atoms with Crippen molar-refractivity contribution in [3.05, 3.63) is 54.2 Å². The fourth-order valence-corrected chi connectivity index (χ4v) is 1.80. The summed E-state index contributed by atoms with van der Waals surface area (Å²) in [4.78, 5) is 8.45. The van der Waals surface area contributed by atoms with Crippen molar-refractivity contribution >= 4 is 23.2 Å². The Morgan fingerprint density at radius 1 is 0.800 bits per heavy atom. The van der Waals surface area contributed by atoms with Crippen LogP contribution in [-0.2, 0) is 0 Å². The molecule has 0 saturated heterocycles. The molecule has 0 fully saturated rings. The third-order valence-corrected chi connectivity index (χ3v) is 2.49. The van der Waals surface area contributed by atoms with Gasteiger partial charge in [-0.05, 0) is 24.3 Å². The van der Waals surface area contributed by atoms with Crippen molar-refractivity contribution in [1.29, 1.82) is 0 Å². The molecule has 0 bridgehead atoms. The molecule has 3 rings (SSSR count). The molecule has 2 nitrogen and oxygen atoms in total. The second-order valence-corrected chi connectivity index (χ2v) is 3.41. The number of benzene rings is 2. The summed E-state index contributed by atoms with van der Waals surface area (Å²) in [5, 5.41) is 2.42. The Kier molecular flexibility index (Phi) is 1.78. The average molecular weight is 193 g/mol. The first-order valence-electron chi connectivity index (χ1n) is 4.87. The molecule has 0 unspecified atom stereocenters. The van der Waals surface area contributed by atoms with Gasteiger partial charge in [0.05, 0.1) is 5.39 Å². The number of hydrogen-bond acceptors (Lipinski definition) is 2. The van der Waals surface area contributed by atoms with Crippen molar-refractivity contribution < 1.29 is 0 Å². The second-order valence-electron chi connectivity index (χ2n) is 3.41. The standard InChI is InChI=1S/C13H9N2/c1-2-6-11-10(4-1)5-3-7-12(11)13-14-8-9-15-13/h1-9H/q+1. The van der Waals surface area contributed by atoms with Crippen LogP contribution in [0.15, 0.2) is 52.4 Å². The van der Waals surface area contributed by atoms with E-state index in [0.717, 1.165) is 11.7 Å². The summed E-state index contributed by atoms with van der Waals surface area (Å²) < 4.78 is 0. The Morgan fingerprint density at radius 3 is 2.40 bits per heavy atom. The van der Waals surface area contributed by atoms with Crippen LogP contribution < -0.4 is 0 Å². The fraction of sp³-hybridized carbons (Fsp3) is 0. The van der Waals surface area contributed by atoms with Crippen molar-refractivity contribution in [3.8, 4) is 0 Å². The molecule has 2 aromatic carbocycles. The zero-order valence-corrected chi connectivity index (χ0v) is 8.09. The summed E-state index contributed by atoms with van der Waals surface area (Å²) in [6.07, 6.45) is 4.24. The van der Waals surface area contributed by atoms with Crippen molar-refractivity contribution in [2.24, 2.45) is 9.98 Å². The molecule has 0 aliphatic carbocycles. The smallest absolute Gasteiger partial charge is 0.147 e. The van der Waals surface area contributed by atoms with Crippen LogP contribution in [0.1, 0.15) is 5.56 Å². The minimum Gasteiger partial charge on any atom is -0.147 e. The van der Waals surface area contributed by atoms with Gasteiger partial charge in [-0.2, -0.15) is 0 Å². The molecule has 2 heteroatoms. The lowest BCUT2D eigenvalue weighted by Crippen LogP contribution is -1.91. The number of nitrogens with zero attached hydrogens (tertiary/aromatic N) is 2. The maximum absolute atomic E-state index is 4.23. The number of rotatable bonds is 1. The predicted octanol–water partition coefficient (Wildman–Crippen LogP) is 2.83. The lowest BCUT2D eigenvalue weighted by molar-refractivity contribution is 1.08. The summed E-state index contributed by atoms with van der Waals surface area (Å²) in [6.45, 7) is 0. The van der Waals surface area contributed by atoms with Crippen LogP contribution in [0.3, 0.4) is 0 Å². The van der Waals surface area contributed by atoms with Crippen LogP contribution >= 0.6 is 0 Å². The highest BCUT2D eigenvalue weighted by Gasteiger charge is 2.20. The van der Waals surface area contributed by atoms with Crippen molar-refractivity contribution in [2.45, 2.75) is 0 Å². The van der Waals surface area contributed by atoms with Crippen molar-refractivity contribution in [1.82, 2.24) is 0 Å². The molecule has 0 saturated carbocycles. The van der Waals surface area contributed by atoms with Crippen LogP contribution in [0.2, 0.25) is 0 Å². The van der Waals surface area contributed by atoms with E-state index in [9.17, 15) is 0 Å². The first kappa shape index (κ1) is 8.24. The van der Waals surface area contributed by atoms with E-state index in [1.165, 1.54) is 10.8 Å². The summed E-state index contributed by atoms with van der Waals surface area (Å²) in [6, 6.07) is 14.5. The molecule has 70 valence electrons. The molecule has 15 heavy (non-hydrogen) atoms. The van der Waals surface area contributed by atoms with Gasteiger partial charge in [-0.15, -0.1) is 9.98 Å². The van der Waals surface area contributed by atoms with Crippen LogP contribution in [0, 0.1) is 6.17 Å². The highest BCUT2D eigenvalue weighted by atomic mass is 15.0. The van der Waals surface area contributed by atoms with Gasteiger partial charge in [0, 0.05) is 11.5 Å². The Morgan fingerprint density at radius 2 is 1.53 bits per heavy atom. The average Bonchev–Trinajstić information content (AvgIpc) is 2.82. The molecular weight excluding hydrogens is 184 g/mol. The highest BCUT2D eigenvalue weighted by Crippen LogP contribution is 2.27. The summed E-state index contributed by atoms with van der Waals surface area (Å²) in [7, 11) is 0. The topological polar surface area (TPSA) is 24.7 Å². The molecule has 1 aliphatic heterocycles. The predicted molar refractivity (Wildman–Crippen MR) is 63.3 cm³/mol. The fourth-order valence-electron chi connectivity index (χ4n) is 1.80. The molecule has 0 N–H and O–H groups in total. The number of hydrogen-bond donors (Lipinski definition) is 0. The van der Waals surface area contributed by atoms with E-state index in [1.807, 2.05) is 18.2 Å². The molecular formula is C13H9N2+. The monoisotopic (exact) mass is 193 g/mol. The van der Waals surface area contributed by atoms with E-state index in [1.54, 1.807) is 12.4 Å². The van der Waals surface area contributed by atoms with Crippen LogP contribution in [0.5, 0.6) is 0 Å². The normalized spacial score (nSPS) is 14.0. The van der Waals surface area contributed by atoms with E-state index in [0.29, 0.717) is 0 Å². The quantitative estimate of drug-likeness (QED) is 0.622. The van der Waals surface area contributed by atoms with Crippen molar-refractivity contribution in [2.75, 3.05) is 0 Å². The van der Waals surface area contributed by atoms with Gasteiger partial charge >= 0.3 is 0 Å². The zero-order valence-electron chi connectivity index (χ0n) is 8.09. The van der Waals surface area contributed by atoms with E-state index < -0.39 is 0 Å². The van der Waals surface area contributed by atoms with Crippen LogP contribution in [-0.4, -0.2) is 12.4 Å². The van der Waals surface area contributed by atoms with E-state index >= 15 is 0 Å². The maximum Gasteiger partial charge on any atom is 0.243 e. The van der Waals surface area contributed by atoms with E-state index in [-0.39, 0.29) is 0 Å². The summed E-state index contributed by atoms with van der Waals surface area (Å²) in [5.41, 5.74) is 1.10. The van der Waals surface area contributed by atoms with Gasteiger partial charge in [0.1, 0.15) is 18.0 Å². The first-order valence-corrected chi connectivity index (χ1v) is 4.87. The first-order chi connectivity index (χ1) is 7.45. The third kappa shape index (κ3) is 1.31. The van der Waals surface area contributed by atoms with Gasteiger partial charge in [0.15, 0.2) is 0 Å². The maximum atomic E-state index is 4.23. The molecule has 0 amide bonds.